The standard InChI is InChI=1S/C17H18/c1-12(2)11-15-10-9-14-6-3-5-13-7-4-8-16(15)17(13)14/h3-6,8-10,12H,7,11H2,1-2H3. The Morgan fingerprint density at radius 2 is 2.00 bits per heavy atom. The van der Waals surface area contributed by atoms with Crippen LogP contribution in [0.1, 0.15) is 30.5 Å². The van der Waals surface area contributed by atoms with E-state index in [0.29, 0.717) is 5.92 Å². The Labute approximate surface area is 103 Å². The van der Waals surface area contributed by atoms with E-state index in [1.54, 1.807) is 0 Å². The fraction of sp³-hybridized carbons (Fsp3) is 0.294. The highest BCUT2D eigenvalue weighted by molar-refractivity contribution is 5.96. The van der Waals surface area contributed by atoms with Crippen LogP contribution >= 0.6 is 0 Å². The van der Waals surface area contributed by atoms with E-state index in [-0.39, 0.29) is 0 Å². The van der Waals surface area contributed by atoms with Crippen LogP contribution in [0.25, 0.3) is 16.8 Å². The Morgan fingerprint density at radius 1 is 1.12 bits per heavy atom. The van der Waals surface area contributed by atoms with Crippen LogP contribution in [0.5, 0.6) is 0 Å². The van der Waals surface area contributed by atoms with E-state index in [0.717, 1.165) is 6.42 Å². The van der Waals surface area contributed by atoms with Crippen LogP contribution in [-0.2, 0) is 12.8 Å². The predicted octanol–water partition coefficient (Wildman–Crippen LogP) is 4.61. The third-order valence-corrected chi connectivity index (χ3v) is 3.51. The van der Waals surface area contributed by atoms with Crippen molar-refractivity contribution in [1.29, 1.82) is 0 Å². The molecule has 0 aliphatic heterocycles. The zero-order chi connectivity index (χ0) is 11.8. The number of rotatable bonds is 2. The molecule has 2 aromatic carbocycles. The first-order valence-electron chi connectivity index (χ1n) is 6.46. The van der Waals surface area contributed by atoms with Crippen LogP contribution in [0, 0.1) is 5.92 Å². The van der Waals surface area contributed by atoms with Gasteiger partial charge in [0.25, 0.3) is 0 Å². The summed E-state index contributed by atoms with van der Waals surface area (Å²) in [5, 5.41) is 2.86. The maximum absolute atomic E-state index is 2.31. The van der Waals surface area contributed by atoms with Crippen molar-refractivity contribution in [2.75, 3.05) is 0 Å². The lowest BCUT2D eigenvalue weighted by molar-refractivity contribution is 0.647. The van der Waals surface area contributed by atoms with Crippen molar-refractivity contribution >= 4 is 16.8 Å². The highest BCUT2D eigenvalue weighted by Crippen LogP contribution is 2.31. The summed E-state index contributed by atoms with van der Waals surface area (Å²) in [6.07, 6.45) is 6.85. The van der Waals surface area contributed by atoms with Gasteiger partial charge in [0, 0.05) is 0 Å². The molecule has 0 unspecified atom stereocenters. The first-order chi connectivity index (χ1) is 8.25. The van der Waals surface area contributed by atoms with E-state index in [1.165, 1.54) is 33.9 Å². The molecular formula is C17H18. The number of hydrogen-bond acceptors (Lipinski definition) is 0. The molecule has 17 heavy (non-hydrogen) atoms. The van der Waals surface area contributed by atoms with E-state index < -0.39 is 0 Å². The van der Waals surface area contributed by atoms with Crippen LogP contribution in [0.4, 0.5) is 0 Å². The topological polar surface area (TPSA) is 0 Å². The van der Waals surface area contributed by atoms with E-state index in [4.69, 9.17) is 0 Å². The minimum atomic E-state index is 0.714. The van der Waals surface area contributed by atoms with Gasteiger partial charge in [0.1, 0.15) is 0 Å². The lowest BCUT2D eigenvalue weighted by Gasteiger charge is -2.17. The van der Waals surface area contributed by atoms with E-state index in [1.807, 2.05) is 0 Å². The molecule has 0 heteroatoms. The summed E-state index contributed by atoms with van der Waals surface area (Å²) >= 11 is 0. The van der Waals surface area contributed by atoms with E-state index in [9.17, 15) is 0 Å². The van der Waals surface area contributed by atoms with Crippen molar-refractivity contribution in [3.05, 3.63) is 53.1 Å². The molecule has 0 bridgehead atoms. The van der Waals surface area contributed by atoms with Gasteiger partial charge >= 0.3 is 0 Å². The Morgan fingerprint density at radius 3 is 2.82 bits per heavy atom. The molecular weight excluding hydrogens is 204 g/mol. The summed E-state index contributed by atoms with van der Waals surface area (Å²) in [7, 11) is 0. The van der Waals surface area contributed by atoms with Crippen molar-refractivity contribution < 1.29 is 0 Å². The Hall–Kier alpha value is -1.56. The van der Waals surface area contributed by atoms with Gasteiger partial charge in [0.05, 0.1) is 0 Å². The quantitative estimate of drug-likeness (QED) is 0.696. The minimum Gasteiger partial charge on any atom is -0.0795 e. The average molecular weight is 222 g/mol. The van der Waals surface area contributed by atoms with Crippen molar-refractivity contribution in [2.45, 2.75) is 26.7 Å². The van der Waals surface area contributed by atoms with Gasteiger partial charge in [-0.05, 0) is 46.2 Å². The first-order valence-corrected chi connectivity index (χ1v) is 6.46. The Balaban J connectivity index is 2.28. The summed E-state index contributed by atoms with van der Waals surface area (Å²) < 4.78 is 0. The third kappa shape index (κ3) is 1.78. The molecule has 0 amide bonds. The van der Waals surface area contributed by atoms with Crippen LogP contribution in [0.3, 0.4) is 0 Å². The zero-order valence-corrected chi connectivity index (χ0v) is 10.5. The Kier molecular flexibility index (Phi) is 2.51. The maximum atomic E-state index is 2.31. The third-order valence-electron chi connectivity index (χ3n) is 3.51. The van der Waals surface area contributed by atoms with Gasteiger partial charge in [-0.2, -0.15) is 0 Å². The van der Waals surface area contributed by atoms with Gasteiger partial charge in [-0.3, -0.25) is 0 Å². The molecule has 0 N–H and O–H groups in total. The summed E-state index contributed by atoms with van der Waals surface area (Å²) in [6.45, 7) is 4.57. The summed E-state index contributed by atoms with van der Waals surface area (Å²) in [5.74, 6) is 0.714. The highest BCUT2D eigenvalue weighted by Gasteiger charge is 2.12. The van der Waals surface area contributed by atoms with Crippen LogP contribution in [0.15, 0.2) is 36.4 Å². The number of benzene rings is 2. The van der Waals surface area contributed by atoms with Crippen molar-refractivity contribution in [2.24, 2.45) is 5.92 Å². The van der Waals surface area contributed by atoms with Crippen molar-refractivity contribution in [3.63, 3.8) is 0 Å². The second-order valence-electron chi connectivity index (χ2n) is 5.36. The molecule has 1 aliphatic carbocycles. The fourth-order valence-electron chi connectivity index (χ4n) is 2.81. The summed E-state index contributed by atoms with van der Waals surface area (Å²) in [5.41, 5.74) is 4.43. The van der Waals surface area contributed by atoms with Gasteiger partial charge in [-0.25, -0.2) is 0 Å². The fourth-order valence-corrected chi connectivity index (χ4v) is 2.81. The molecule has 0 saturated heterocycles. The van der Waals surface area contributed by atoms with Gasteiger partial charge in [0.15, 0.2) is 0 Å². The minimum absolute atomic E-state index is 0.714. The molecule has 0 fully saturated rings. The van der Waals surface area contributed by atoms with Gasteiger partial charge in [-0.15, -0.1) is 0 Å². The smallest absolute Gasteiger partial charge is 0.00735 e. The lowest BCUT2D eigenvalue weighted by atomic mass is 9.87. The summed E-state index contributed by atoms with van der Waals surface area (Å²) in [4.78, 5) is 0. The van der Waals surface area contributed by atoms with Crippen LogP contribution in [-0.4, -0.2) is 0 Å². The molecule has 0 spiro atoms. The van der Waals surface area contributed by atoms with Gasteiger partial charge in [0.2, 0.25) is 0 Å². The number of hydrogen-bond donors (Lipinski definition) is 0. The number of allylic oxidation sites excluding steroid dienone is 1. The largest absolute Gasteiger partial charge is 0.0795 e. The maximum Gasteiger partial charge on any atom is -0.00735 e. The van der Waals surface area contributed by atoms with Gasteiger partial charge in [-0.1, -0.05) is 56.3 Å². The van der Waals surface area contributed by atoms with E-state index >= 15 is 0 Å². The molecule has 0 saturated carbocycles. The van der Waals surface area contributed by atoms with Crippen LogP contribution in [0.2, 0.25) is 0 Å². The molecule has 2 aromatic rings. The molecule has 86 valence electrons. The highest BCUT2D eigenvalue weighted by atomic mass is 14.2. The van der Waals surface area contributed by atoms with E-state index in [2.05, 4.69) is 56.3 Å². The summed E-state index contributed by atoms with van der Waals surface area (Å²) in [6, 6.07) is 11.2. The van der Waals surface area contributed by atoms with Gasteiger partial charge < -0.3 is 0 Å². The SMILES string of the molecule is CC(C)Cc1ccc2cccc3c2c1C=CC3. The molecule has 0 nitrogen and oxygen atoms in total. The van der Waals surface area contributed by atoms with Crippen molar-refractivity contribution in [1.82, 2.24) is 0 Å². The molecule has 3 rings (SSSR count). The second-order valence-corrected chi connectivity index (χ2v) is 5.36. The normalized spacial score (nSPS) is 13.6. The second kappa shape index (κ2) is 4.03. The average Bonchev–Trinajstić information content (AvgIpc) is 2.33. The predicted molar refractivity (Wildman–Crippen MR) is 75.2 cm³/mol. The molecule has 1 aliphatic rings. The zero-order valence-electron chi connectivity index (χ0n) is 10.5. The molecule has 0 atom stereocenters. The van der Waals surface area contributed by atoms with Crippen molar-refractivity contribution in [3.8, 4) is 0 Å². The monoisotopic (exact) mass is 222 g/mol. The van der Waals surface area contributed by atoms with Crippen LogP contribution < -0.4 is 0 Å². The lowest BCUT2D eigenvalue weighted by Crippen LogP contribution is -2.01. The first kappa shape index (κ1) is 10.6. The molecule has 0 heterocycles. The Bertz CT molecular complexity index is 588. The molecule has 0 radical (unpaired) electrons. The molecule has 0 aromatic heterocycles.